The number of halogens is 3. The minimum atomic E-state index is -4.59. The maximum Gasteiger partial charge on any atom is 0.449 e. The number of nitrogens with zero attached hydrogens (tertiary/aromatic N) is 3. The van der Waals surface area contributed by atoms with Crippen LogP contribution in [-0.4, -0.2) is 45.2 Å². The number of alkyl halides is 3. The normalized spacial score (nSPS) is 12.8. The number of urea groups is 1. The van der Waals surface area contributed by atoms with E-state index in [-0.39, 0.29) is 24.2 Å². The van der Waals surface area contributed by atoms with Gasteiger partial charge in [0.05, 0.1) is 17.5 Å². The van der Waals surface area contributed by atoms with E-state index >= 15 is 0 Å². The highest BCUT2D eigenvalue weighted by atomic mass is 19.4. The molecule has 0 bridgehead atoms. The largest absolute Gasteiger partial charge is 0.481 e. The summed E-state index contributed by atoms with van der Waals surface area (Å²) < 4.78 is 41.2. The van der Waals surface area contributed by atoms with E-state index in [1.807, 2.05) is 0 Å². The third-order valence-corrected chi connectivity index (χ3v) is 4.23. The van der Waals surface area contributed by atoms with Crippen molar-refractivity contribution in [3.63, 3.8) is 0 Å². The summed E-state index contributed by atoms with van der Waals surface area (Å²) in [5.41, 5.74) is 0.722. The zero-order chi connectivity index (χ0) is 20.4. The number of carbonyl (C=O) groups is 2. The molecule has 1 unspecified atom stereocenters. The van der Waals surface area contributed by atoms with Gasteiger partial charge in [-0.15, -0.1) is 0 Å². The summed E-state index contributed by atoms with van der Waals surface area (Å²) in [5.74, 6) is -2.01. The van der Waals surface area contributed by atoms with Crippen molar-refractivity contribution < 1.29 is 27.9 Å². The average Bonchev–Trinajstić information content (AvgIpc) is 2.97. The van der Waals surface area contributed by atoms with Gasteiger partial charge in [0.2, 0.25) is 5.82 Å². The van der Waals surface area contributed by atoms with Crippen molar-refractivity contribution in [3.8, 4) is 0 Å². The molecular formula is C17H21F3N4O3. The van der Waals surface area contributed by atoms with Crippen molar-refractivity contribution in [2.75, 3.05) is 18.9 Å². The van der Waals surface area contributed by atoms with Crippen LogP contribution in [0.2, 0.25) is 0 Å². The molecule has 1 aromatic carbocycles. The number of carbonyl (C=O) groups excluding carboxylic acids is 1. The monoisotopic (exact) mass is 386 g/mol. The molecule has 7 nitrogen and oxygen atoms in total. The molecule has 2 rings (SSSR count). The van der Waals surface area contributed by atoms with Gasteiger partial charge in [0.15, 0.2) is 0 Å². The number of amides is 2. The van der Waals surface area contributed by atoms with Gasteiger partial charge in [0, 0.05) is 25.3 Å². The molecule has 2 N–H and O–H groups in total. The van der Waals surface area contributed by atoms with Crippen LogP contribution in [0.5, 0.6) is 0 Å². The summed E-state index contributed by atoms with van der Waals surface area (Å²) in [4.78, 5) is 27.5. The van der Waals surface area contributed by atoms with Crippen LogP contribution in [-0.2, 0) is 11.0 Å². The van der Waals surface area contributed by atoms with Gasteiger partial charge in [-0.05, 0) is 31.5 Å². The number of carboxylic acids is 1. The molecule has 0 saturated carbocycles. The van der Waals surface area contributed by atoms with Crippen molar-refractivity contribution in [2.45, 2.75) is 38.9 Å². The van der Waals surface area contributed by atoms with Gasteiger partial charge in [-0.1, -0.05) is 6.92 Å². The fourth-order valence-electron chi connectivity index (χ4n) is 2.59. The SMILES string of the molecule is CCC(C)n1c(C(F)(F)F)nc2cc(NC(=O)N(C)CCC(=O)O)ccc21. The van der Waals surface area contributed by atoms with E-state index in [2.05, 4.69) is 10.3 Å². The minimum absolute atomic E-state index is 0.00424. The van der Waals surface area contributed by atoms with Crippen LogP contribution >= 0.6 is 0 Å². The van der Waals surface area contributed by atoms with E-state index in [4.69, 9.17) is 5.11 Å². The summed E-state index contributed by atoms with van der Waals surface area (Å²) >= 11 is 0. The number of anilines is 1. The number of hydrogen-bond donors (Lipinski definition) is 2. The quantitative estimate of drug-likeness (QED) is 0.787. The molecule has 27 heavy (non-hydrogen) atoms. The van der Waals surface area contributed by atoms with E-state index in [0.29, 0.717) is 11.9 Å². The first-order valence-electron chi connectivity index (χ1n) is 8.37. The number of carboxylic acid groups (broad SMARTS) is 1. The molecule has 2 amide bonds. The third kappa shape index (κ3) is 4.69. The van der Waals surface area contributed by atoms with Crippen LogP contribution in [0.3, 0.4) is 0 Å². The van der Waals surface area contributed by atoms with Gasteiger partial charge < -0.3 is 19.9 Å². The maximum absolute atomic E-state index is 13.3. The molecule has 0 aliphatic rings. The van der Waals surface area contributed by atoms with Gasteiger partial charge in [0.1, 0.15) is 0 Å². The highest BCUT2D eigenvalue weighted by Crippen LogP contribution is 2.35. The zero-order valence-electron chi connectivity index (χ0n) is 15.2. The average molecular weight is 386 g/mol. The lowest BCUT2D eigenvalue weighted by Gasteiger charge is -2.18. The van der Waals surface area contributed by atoms with Gasteiger partial charge in [0.25, 0.3) is 0 Å². The van der Waals surface area contributed by atoms with E-state index in [9.17, 15) is 22.8 Å². The molecule has 0 saturated heterocycles. The van der Waals surface area contributed by atoms with Crippen molar-refractivity contribution in [3.05, 3.63) is 24.0 Å². The molecule has 0 radical (unpaired) electrons. The summed E-state index contributed by atoms with van der Waals surface area (Å²) in [6.07, 6.45) is -4.30. The van der Waals surface area contributed by atoms with E-state index in [1.165, 1.54) is 30.1 Å². The predicted molar refractivity (Wildman–Crippen MR) is 93.6 cm³/mol. The highest BCUT2D eigenvalue weighted by Gasteiger charge is 2.38. The Morgan fingerprint density at radius 1 is 1.37 bits per heavy atom. The molecule has 1 atom stereocenters. The lowest BCUT2D eigenvalue weighted by atomic mass is 10.2. The molecule has 0 aliphatic carbocycles. The Morgan fingerprint density at radius 2 is 2.04 bits per heavy atom. The van der Waals surface area contributed by atoms with Crippen LogP contribution < -0.4 is 5.32 Å². The standard InChI is InChI=1S/C17H21F3N4O3/c1-4-10(2)24-13-6-5-11(9-12(13)22-15(24)17(18,19)20)21-16(27)23(3)8-7-14(25)26/h5-6,9-10H,4,7-8H2,1-3H3,(H,21,27)(H,25,26). The van der Waals surface area contributed by atoms with Crippen molar-refractivity contribution in [2.24, 2.45) is 0 Å². The number of aliphatic carboxylic acids is 1. The summed E-state index contributed by atoms with van der Waals surface area (Å²) in [6.45, 7) is 3.48. The predicted octanol–water partition coefficient (Wildman–Crippen LogP) is 3.96. The number of benzene rings is 1. The first-order chi connectivity index (χ1) is 12.5. The van der Waals surface area contributed by atoms with E-state index in [1.54, 1.807) is 13.8 Å². The van der Waals surface area contributed by atoms with Gasteiger partial charge in [-0.25, -0.2) is 9.78 Å². The van der Waals surface area contributed by atoms with Gasteiger partial charge in [-0.3, -0.25) is 4.79 Å². The molecule has 148 valence electrons. The van der Waals surface area contributed by atoms with Gasteiger partial charge in [-0.2, -0.15) is 13.2 Å². The number of nitrogens with one attached hydrogen (secondary N) is 1. The second kappa shape index (κ2) is 7.85. The molecule has 2 aromatic rings. The summed E-state index contributed by atoms with van der Waals surface area (Å²) in [5, 5.41) is 11.2. The Kier molecular flexibility index (Phi) is 5.97. The number of fused-ring (bicyclic) bond motifs is 1. The summed E-state index contributed by atoms with van der Waals surface area (Å²) in [7, 11) is 1.43. The highest BCUT2D eigenvalue weighted by molar-refractivity contribution is 5.92. The number of imidazole rings is 1. The van der Waals surface area contributed by atoms with Crippen molar-refractivity contribution in [1.82, 2.24) is 14.5 Å². The Balaban J connectivity index is 2.32. The molecule has 1 aromatic heterocycles. The Bertz CT molecular complexity index is 848. The Hall–Kier alpha value is -2.78. The first-order valence-corrected chi connectivity index (χ1v) is 8.37. The molecule has 0 spiro atoms. The Labute approximate surface area is 153 Å². The fourth-order valence-corrected chi connectivity index (χ4v) is 2.59. The van der Waals surface area contributed by atoms with Gasteiger partial charge >= 0.3 is 18.2 Å². The van der Waals surface area contributed by atoms with Crippen LogP contribution in [0.1, 0.15) is 38.6 Å². The lowest BCUT2D eigenvalue weighted by molar-refractivity contribution is -0.147. The fraction of sp³-hybridized carbons (Fsp3) is 0.471. The second-order valence-electron chi connectivity index (χ2n) is 6.26. The second-order valence-corrected chi connectivity index (χ2v) is 6.26. The molecule has 0 fully saturated rings. The molecule has 10 heteroatoms. The lowest BCUT2D eigenvalue weighted by Crippen LogP contribution is -2.33. The molecular weight excluding hydrogens is 365 g/mol. The first kappa shape index (κ1) is 20.5. The van der Waals surface area contributed by atoms with Crippen LogP contribution in [0.15, 0.2) is 18.2 Å². The van der Waals surface area contributed by atoms with Crippen molar-refractivity contribution >= 4 is 28.7 Å². The third-order valence-electron chi connectivity index (χ3n) is 4.23. The van der Waals surface area contributed by atoms with Crippen molar-refractivity contribution in [1.29, 1.82) is 0 Å². The summed E-state index contributed by atoms with van der Waals surface area (Å²) in [6, 6.07) is 3.39. The Morgan fingerprint density at radius 3 is 2.59 bits per heavy atom. The molecule has 1 heterocycles. The van der Waals surface area contributed by atoms with E-state index in [0.717, 1.165) is 4.57 Å². The van der Waals surface area contributed by atoms with Crippen LogP contribution in [0.4, 0.5) is 23.7 Å². The van der Waals surface area contributed by atoms with E-state index < -0.39 is 30.0 Å². The van der Waals surface area contributed by atoms with Crippen LogP contribution in [0.25, 0.3) is 11.0 Å². The maximum atomic E-state index is 13.3. The number of rotatable bonds is 6. The number of hydrogen-bond acceptors (Lipinski definition) is 3. The number of aromatic nitrogens is 2. The topological polar surface area (TPSA) is 87.5 Å². The molecule has 0 aliphatic heterocycles. The minimum Gasteiger partial charge on any atom is -0.481 e. The smallest absolute Gasteiger partial charge is 0.449 e. The zero-order valence-corrected chi connectivity index (χ0v) is 15.2. The van der Waals surface area contributed by atoms with Crippen LogP contribution in [0, 0.1) is 0 Å².